The van der Waals surface area contributed by atoms with Crippen LogP contribution < -0.4 is 15.0 Å². The fourth-order valence-corrected chi connectivity index (χ4v) is 5.52. The molecule has 2 N–H and O–H groups in total. The van der Waals surface area contributed by atoms with E-state index in [9.17, 15) is 14.4 Å². The number of likely N-dealkylation sites (tertiary alicyclic amines) is 1. The monoisotopic (exact) mass is 618 g/mol. The number of nitriles is 1. The zero-order valence-electron chi connectivity index (χ0n) is 25.6. The number of anilines is 3. The zero-order valence-corrected chi connectivity index (χ0v) is 25.6. The maximum atomic E-state index is 14.7. The Kier molecular flexibility index (Phi) is 10.7. The number of amides is 1. The molecule has 1 amide bonds. The molecule has 1 aromatic heterocycles. The van der Waals surface area contributed by atoms with Gasteiger partial charge in [0.1, 0.15) is 30.9 Å². The number of carbonyl (C=O) groups excluding carboxylic acids is 1. The van der Waals surface area contributed by atoms with Crippen molar-refractivity contribution < 1.29 is 23.8 Å². The largest absolute Gasteiger partial charge is 0.486 e. The van der Waals surface area contributed by atoms with Crippen molar-refractivity contribution >= 4 is 23.2 Å². The summed E-state index contributed by atoms with van der Waals surface area (Å²) in [7, 11) is 0. The maximum absolute atomic E-state index is 14.7. The molecule has 0 saturated carbocycles. The molecule has 6 rings (SSSR count). The van der Waals surface area contributed by atoms with Crippen LogP contribution in [0.5, 0.6) is 5.75 Å². The number of alkyl halides is 1. The van der Waals surface area contributed by atoms with Crippen molar-refractivity contribution in [2.75, 3.05) is 69.3 Å². The van der Waals surface area contributed by atoms with Crippen LogP contribution >= 0.6 is 0 Å². The summed E-state index contributed by atoms with van der Waals surface area (Å²) in [5.74, 6) is 0.450. The summed E-state index contributed by atoms with van der Waals surface area (Å²) in [4.78, 5) is 30.9. The topological polar surface area (TPSA) is 140 Å². The molecule has 2 aromatic carbocycles. The lowest BCUT2D eigenvalue weighted by atomic mass is 10.0. The minimum absolute atomic E-state index is 0.166. The molecular weight excluding hydrogens is 579 g/mol. The van der Waals surface area contributed by atoms with E-state index in [1.54, 1.807) is 18.2 Å². The van der Waals surface area contributed by atoms with Crippen LogP contribution in [0.25, 0.3) is 11.4 Å². The number of rotatable bonds is 8. The first-order chi connectivity index (χ1) is 22.0. The third-order valence-electron chi connectivity index (χ3n) is 8.12. The number of nitrogens with zero attached hydrogens (tertiary/aromatic N) is 7. The van der Waals surface area contributed by atoms with Crippen molar-refractivity contribution in [3.63, 3.8) is 0 Å². The molecule has 3 aliphatic rings. The molecule has 3 saturated heterocycles. The van der Waals surface area contributed by atoms with Crippen molar-refractivity contribution in [1.29, 1.82) is 5.26 Å². The molecule has 3 aliphatic heterocycles. The molecule has 2 atom stereocenters. The molecule has 13 heteroatoms. The van der Waals surface area contributed by atoms with E-state index < -0.39 is 24.8 Å². The van der Waals surface area contributed by atoms with Gasteiger partial charge in [0.05, 0.1) is 31.4 Å². The van der Waals surface area contributed by atoms with E-state index in [-0.39, 0.29) is 30.8 Å². The average Bonchev–Trinajstić information content (AvgIpc) is 3.06. The average molecular weight is 619 g/mol. The first-order valence-electron chi connectivity index (χ1n) is 15.4. The van der Waals surface area contributed by atoms with Gasteiger partial charge < -0.3 is 29.7 Å². The molecule has 3 aromatic rings. The predicted molar refractivity (Wildman–Crippen MR) is 167 cm³/mol. The number of ether oxygens (including phenoxy) is 2. The second-order valence-electron chi connectivity index (χ2n) is 10.8. The van der Waals surface area contributed by atoms with E-state index in [1.807, 2.05) is 26.0 Å². The highest BCUT2D eigenvalue weighted by Crippen LogP contribution is 2.29. The fraction of sp³-hybridized carbons (Fsp3) is 0.469. The number of aromatic nitrogens is 3. The van der Waals surface area contributed by atoms with Crippen molar-refractivity contribution in [1.82, 2.24) is 24.8 Å². The summed E-state index contributed by atoms with van der Waals surface area (Å²) >= 11 is 0. The zero-order chi connectivity index (χ0) is 31.8. The second-order valence-corrected chi connectivity index (χ2v) is 10.8. The minimum atomic E-state index is -1.44. The highest BCUT2D eigenvalue weighted by atomic mass is 19.1. The van der Waals surface area contributed by atoms with Crippen LogP contribution in [0.3, 0.4) is 0 Å². The minimum Gasteiger partial charge on any atom is -0.486 e. The van der Waals surface area contributed by atoms with Gasteiger partial charge in [0.15, 0.2) is 12.0 Å². The number of hydrogen-bond acceptors (Lipinski definition) is 11. The van der Waals surface area contributed by atoms with Crippen LogP contribution in [0.2, 0.25) is 0 Å². The number of hydrogen-bond donors (Lipinski definition) is 2. The summed E-state index contributed by atoms with van der Waals surface area (Å²) in [6.45, 7) is 9.16. The van der Waals surface area contributed by atoms with Gasteiger partial charge in [0, 0.05) is 56.1 Å². The molecule has 4 heterocycles. The van der Waals surface area contributed by atoms with Gasteiger partial charge >= 0.3 is 0 Å². The first-order valence-corrected chi connectivity index (χ1v) is 15.4. The second kappa shape index (κ2) is 15.1. The number of halogens is 1. The Balaban J connectivity index is 0.00000196. The number of aliphatic hydroxyl groups excluding tert-OH is 1. The van der Waals surface area contributed by atoms with Gasteiger partial charge in [0.2, 0.25) is 11.9 Å². The molecular formula is C32H39FN8O4. The molecule has 0 unspecified atom stereocenters. The van der Waals surface area contributed by atoms with Crippen LogP contribution in [0.4, 0.5) is 21.7 Å². The number of piperazine rings is 1. The number of carbonyl (C=O) groups is 1. The molecule has 12 nitrogen and oxygen atoms in total. The van der Waals surface area contributed by atoms with E-state index in [0.29, 0.717) is 23.4 Å². The fourth-order valence-electron chi connectivity index (χ4n) is 5.52. The third-order valence-corrected chi connectivity index (χ3v) is 8.12. The van der Waals surface area contributed by atoms with Gasteiger partial charge in [-0.15, -0.1) is 0 Å². The summed E-state index contributed by atoms with van der Waals surface area (Å²) in [6.07, 6.45) is -0.612. The van der Waals surface area contributed by atoms with E-state index >= 15 is 0 Å². The van der Waals surface area contributed by atoms with E-state index in [0.717, 1.165) is 45.1 Å². The molecule has 238 valence electrons. The smallest absolute Gasteiger partial charge is 0.248 e. The highest BCUT2D eigenvalue weighted by Gasteiger charge is 2.33. The molecule has 0 radical (unpaired) electrons. The van der Waals surface area contributed by atoms with Crippen LogP contribution in [0.15, 0.2) is 48.8 Å². The number of benzene rings is 2. The van der Waals surface area contributed by atoms with E-state index in [2.05, 4.69) is 48.3 Å². The SMILES string of the molecule is CC.N#Cc1cc(-c2ncnc(Nc3ccc(N4CCN(C5COC5)CC4)cc3)n2)ccc1O[C@H]1CCN(C(=O)CO)C[C@H]1F. The Morgan fingerprint density at radius 1 is 1.11 bits per heavy atom. The van der Waals surface area contributed by atoms with Crippen molar-refractivity contribution in [2.24, 2.45) is 0 Å². The van der Waals surface area contributed by atoms with Gasteiger partial charge in [-0.1, -0.05) is 13.8 Å². The van der Waals surface area contributed by atoms with Gasteiger partial charge in [-0.3, -0.25) is 9.69 Å². The van der Waals surface area contributed by atoms with E-state index in [1.165, 1.54) is 16.9 Å². The van der Waals surface area contributed by atoms with Crippen molar-refractivity contribution in [3.8, 4) is 23.2 Å². The number of piperidine rings is 1. The quantitative estimate of drug-likeness (QED) is 0.385. The molecule has 0 spiro atoms. The normalized spacial score (nSPS) is 20.3. The summed E-state index contributed by atoms with van der Waals surface area (Å²) < 4.78 is 25.9. The van der Waals surface area contributed by atoms with Gasteiger partial charge in [-0.25, -0.2) is 14.4 Å². The van der Waals surface area contributed by atoms with Gasteiger partial charge in [-0.05, 0) is 42.5 Å². The lowest BCUT2D eigenvalue weighted by molar-refractivity contribution is -0.138. The predicted octanol–water partition coefficient (Wildman–Crippen LogP) is 3.01. The Morgan fingerprint density at radius 2 is 1.87 bits per heavy atom. The molecule has 3 fully saturated rings. The first kappa shape index (κ1) is 32.0. The Hall–Kier alpha value is -4.38. The van der Waals surface area contributed by atoms with Crippen molar-refractivity contribution in [3.05, 3.63) is 54.4 Å². The van der Waals surface area contributed by atoms with E-state index in [4.69, 9.17) is 14.6 Å². The van der Waals surface area contributed by atoms with Gasteiger partial charge in [0.25, 0.3) is 0 Å². The number of aliphatic hydroxyl groups is 1. The van der Waals surface area contributed by atoms with Crippen LogP contribution in [-0.2, 0) is 9.53 Å². The third kappa shape index (κ3) is 7.65. The van der Waals surface area contributed by atoms with Crippen LogP contribution in [0.1, 0.15) is 25.8 Å². The Bertz CT molecular complexity index is 1470. The summed E-state index contributed by atoms with van der Waals surface area (Å²) in [6, 6.07) is 15.7. The molecule has 45 heavy (non-hydrogen) atoms. The maximum Gasteiger partial charge on any atom is 0.248 e. The summed E-state index contributed by atoms with van der Waals surface area (Å²) in [5.41, 5.74) is 2.80. The van der Waals surface area contributed by atoms with Gasteiger partial charge in [-0.2, -0.15) is 10.2 Å². The number of nitrogens with one attached hydrogen (secondary N) is 1. The van der Waals surface area contributed by atoms with Crippen LogP contribution in [0, 0.1) is 11.3 Å². The highest BCUT2D eigenvalue weighted by molar-refractivity contribution is 5.77. The standard InChI is InChI=1S/C30H33FN8O4.C2H6/c31-25-15-39(28(41)16-40)8-7-27(25)43-26-6-1-20(13-21(26)14-32)29-33-19-34-30(36-29)35-22-2-4-23(5-3-22)37-9-11-38(12-10-37)24-17-42-18-24;1-2/h1-6,13,19,24-25,27,40H,7-12,15-18H2,(H,33,34,35,36);1-2H3/t25-,27+;/m1./s1. The molecule has 0 aliphatic carbocycles. The summed E-state index contributed by atoms with van der Waals surface area (Å²) in [5, 5.41) is 22.0. The van der Waals surface area contributed by atoms with Crippen LogP contribution in [-0.4, -0.2) is 113 Å². The lowest BCUT2D eigenvalue weighted by Crippen LogP contribution is -2.56. The lowest BCUT2D eigenvalue weighted by Gasteiger charge is -2.43. The van der Waals surface area contributed by atoms with Crippen molar-refractivity contribution in [2.45, 2.75) is 38.6 Å². The Labute approximate surface area is 262 Å². The molecule has 0 bridgehead atoms. The Morgan fingerprint density at radius 3 is 2.51 bits per heavy atom.